The van der Waals surface area contributed by atoms with E-state index in [-0.39, 0.29) is 6.04 Å². The molecule has 2 rings (SSSR count). The number of nitrogens with two attached hydrogens (primary N) is 1. The summed E-state index contributed by atoms with van der Waals surface area (Å²) in [6.07, 6.45) is 2.74. The van der Waals surface area contributed by atoms with E-state index in [4.69, 9.17) is 5.73 Å². The number of benzene rings is 1. The molecule has 2 aromatic rings. The Kier molecular flexibility index (Phi) is 2.46. The van der Waals surface area contributed by atoms with E-state index in [0.717, 1.165) is 12.1 Å². The third-order valence-corrected chi connectivity index (χ3v) is 2.50. The van der Waals surface area contributed by atoms with Crippen LogP contribution in [-0.4, -0.2) is 4.98 Å². The van der Waals surface area contributed by atoms with Gasteiger partial charge in [0.1, 0.15) is 0 Å². The number of fused-ring (bicyclic) bond motifs is 1. The van der Waals surface area contributed by atoms with Crippen LogP contribution in [-0.2, 0) is 0 Å². The largest absolute Gasteiger partial charge is 0.323 e. The Morgan fingerprint density at radius 3 is 2.86 bits per heavy atom. The van der Waals surface area contributed by atoms with E-state index in [1.165, 1.54) is 10.8 Å². The molecule has 2 nitrogen and oxygen atoms in total. The molecule has 2 N–H and O–H groups in total. The van der Waals surface area contributed by atoms with Crippen LogP contribution in [0.1, 0.15) is 25.1 Å². The van der Waals surface area contributed by atoms with Gasteiger partial charge in [-0.1, -0.05) is 31.2 Å². The molecule has 1 aromatic carbocycles. The molecule has 1 heterocycles. The second-order valence-electron chi connectivity index (χ2n) is 3.43. The molecule has 0 aliphatic heterocycles. The van der Waals surface area contributed by atoms with Gasteiger partial charge in [0, 0.05) is 17.6 Å². The van der Waals surface area contributed by atoms with Gasteiger partial charge >= 0.3 is 0 Å². The minimum atomic E-state index is 0.0427. The van der Waals surface area contributed by atoms with E-state index < -0.39 is 0 Å². The standard InChI is InChI=1S/C12H14N2/c1-2-11(13)12-10-6-4-3-5-9(10)7-8-14-12/h3-8,11H,2,13H2,1H3. The highest BCUT2D eigenvalue weighted by molar-refractivity contribution is 5.84. The fraction of sp³-hybridized carbons (Fsp3) is 0.250. The van der Waals surface area contributed by atoms with Gasteiger partial charge in [0.15, 0.2) is 0 Å². The van der Waals surface area contributed by atoms with E-state index in [1.54, 1.807) is 0 Å². The molecule has 0 bridgehead atoms. The maximum Gasteiger partial charge on any atom is 0.0649 e. The predicted molar refractivity (Wildman–Crippen MR) is 59.0 cm³/mol. The first-order valence-corrected chi connectivity index (χ1v) is 4.92. The summed E-state index contributed by atoms with van der Waals surface area (Å²) in [6.45, 7) is 2.08. The molecular weight excluding hydrogens is 172 g/mol. The summed E-state index contributed by atoms with van der Waals surface area (Å²) in [5.41, 5.74) is 7.00. The van der Waals surface area contributed by atoms with Crippen LogP contribution in [0, 0.1) is 0 Å². The lowest BCUT2D eigenvalue weighted by Gasteiger charge is -2.10. The van der Waals surface area contributed by atoms with Crippen LogP contribution in [0.3, 0.4) is 0 Å². The zero-order chi connectivity index (χ0) is 9.97. The number of hydrogen-bond donors (Lipinski definition) is 1. The summed E-state index contributed by atoms with van der Waals surface area (Å²) in [7, 11) is 0. The molecule has 0 spiro atoms. The van der Waals surface area contributed by atoms with Crippen molar-refractivity contribution in [1.29, 1.82) is 0 Å². The lowest BCUT2D eigenvalue weighted by molar-refractivity contribution is 0.682. The molecule has 1 atom stereocenters. The van der Waals surface area contributed by atoms with Crippen molar-refractivity contribution in [3.63, 3.8) is 0 Å². The first-order valence-electron chi connectivity index (χ1n) is 4.92. The molecule has 0 amide bonds. The van der Waals surface area contributed by atoms with Gasteiger partial charge < -0.3 is 5.73 Å². The molecule has 0 aliphatic rings. The van der Waals surface area contributed by atoms with Gasteiger partial charge in [-0.25, -0.2) is 0 Å². The maximum atomic E-state index is 6.00. The summed E-state index contributed by atoms with van der Waals surface area (Å²) in [5.74, 6) is 0. The quantitative estimate of drug-likeness (QED) is 0.783. The lowest BCUT2D eigenvalue weighted by Crippen LogP contribution is -2.10. The highest BCUT2D eigenvalue weighted by Crippen LogP contribution is 2.21. The maximum absolute atomic E-state index is 6.00. The van der Waals surface area contributed by atoms with Gasteiger partial charge in [-0.15, -0.1) is 0 Å². The van der Waals surface area contributed by atoms with Crippen LogP contribution in [0.2, 0.25) is 0 Å². The van der Waals surface area contributed by atoms with Crippen molar-refractivity contribution in [2.24, 2.45) is 5.73 Å². The van der Waals surface area contributed by atoms with E-state index in [0.29, 0.717) is 0 Å². The van der Waals surface area contributed by atoms with Gasteiger partial charge in [-0.05, 0) is 17.9 Å². The zero-order valence-corrected chi connectivity index (χ0v) is 8.27. The van der Waals surface area contributed by atoms with Crippen LogP contribution in [0.4, 0.5) is 0 Å². The van der Waals surface area contributed by atoms with Crippen molar-refractivity contribution in [3.05, 3.63) is 42.2 Å². The van der Waals surface area contributed by atoms with Crippen molar-refractivity contribution in [2.45, 2.75) is 19.4 Å². The second kappa shape index (κ2) is 3.76. The monoisotopic (exact) mass is 186 g/mol. The smallest absolute Gasteiger partial charge is 0.0649 e. The Labute approximate surface area is 83.8 Å². The van der Waals surface area contributed by atoms with Crippen LogP contribution < -0.4 is 5.73 Å². The molecular formula is C12H14N2. The summed E-state index contributed by atoms with van der Waals surface area (Å²) in [6, 6.07) is 10.3. The van der Waals surface area contributed by atoms with Crippen molar-refractivity contribution < 1.29 is 0 Å². The Morgan fingerprint density at radius 1 is 1.29 bits per heavy atom. The van der Waals surface area contributed by atoms with Gasteiger partial charge in [0.2, 0.25) is 0 Å². The number of nitrogens with zero attached hydrogens (tertiary/aromatic N) is 1. The van der Waals surface area contributed by atoms with Crippen molar-refractivity contribution in [2.75, 3.05) is 0 Å². The summed E-state index contributed by atoms with van der Waals surface area (Å²) >= 11 is 0. The van der Waals surface area contributed by atoms with E-state index >= 15 is 0 Å². The molecule has 0 saturated heterocycles. The molecule has 0 aliphatic carbocycles. The summed E-state index contributed by atoms with van der Waals surface area (Å²) in [5, 5.41) is 2.38. The second-order valence-corrected chi connectivity index (χ2v) is 3.43. The Bertz CT molecular complexity index is 432. The highest BCUT2D eigenvalue weighted by atomic mass is 14.8. The fourth-order valence-corrected chi connectivity index (χ4v) is 1.63. The Hall–Kier alpha value is -1.41. The summed E-state index contributed by atoms with van der Waals surface area (Å²) < 4.78 is 0. The van der Waals surface area contributed by atoms with Crippen molar-refractivity contribution >= 4 is 10.8 Å². The first-order chi connectivity index (χ1) is 6.83. The summed E-state index contributed by atoms with van der Waals surface area (Å²) in [4.78, 5) is 4.35. The van der Waals surface area contributed by atoms with Gasteiger partial charge in [-0.3, -0.25) is 4.98 Å². The Morgan fingerprint density at radius 2 is 2.07 bits per heavy atom. The zero-order valence-electron chi connectivity index (χ0n) is 8.27. The van der Waals surface area contributed by atoms with Crippen molar-refractivity contribution in [1.82, 2.24) is 4.98 Å². The number of aromatic nitrogens is 1. The molecule has 1 unspecified atom stereocenters. The van der Waals surface area contributed by atoms with Crippen LogP contribution in [0.5, 0.6) is 0 Å². The van der Waals surface area contributed by atoms with Gasteiger partial charge in [-0.2, -0.15) is 0 Å². The lowest BCUT2D eigenvalue weighted by atomic mass is 10.0. The SMILES string of the molecule is CCC(N)c1nccc2ccccc12. The van der Waals surface area contributed by atoms with E-state index in [9.17, 15) is 0 Å². The number of rotatable bonds is 2. The van der Waals surface area contributed by atoms with Gasteiger partial charge in [0.25, 0.3) is 0 Å². The third kappa shape index (κ3) is 1.49. The van der Waals surface area contributed by atoms with Crippen LogP contribution in [0.25, 0.3) is 10.8 Å². The Balaban J connectivity index is 2.65. The number of hydrogen-bond acceptors (Lipinski definition) is 2. The minimum Gasteiger partial charge on any atom is -0.323 e. The molecule has 0 saturated carbocycles. The predicted octanol–water partition coefficient (Wildman–Crippen LogP) is 2.64. The van der Waals surface area contributed by atoms with Crippen LogP contribution >= 0.6 is 0 Å². The molecule has 14 heavy (non-hydrogen) atoms. The molecule has 0 fully saturated rings. The molecule has 0 radical (unpaired) electrons. The van der Waals surface area contributed by atoms with Crippen molar-refractivity contribution in [3.8, 4) is 0 Å². The normalized spacial score (nSPS) is 13.0. The number of pyridine rings is 1. The topological polar surface area (TPSA) is 38.9 Å². The molecule has 2 heteroatoms. The molecule has 72 valence electrons. The van der Waals surface area contributed by atoms with Gasteiger partial charge in [0.05, 0.1) is 5.69 Å². The average molecular weight is 186 g/mol. The highest BCUT2D eigenvalue weighted by Gasteiger charge is 2.08. The van der Waals surface area contributed by atoms with E-state index in [1.807, 2.05) is 24.4 Å². The third-order valence-electron chi connectivity index (χ3n) is 2.50. The van der Waals surface area contributed by atoms with E-state index in [2.05, 4.69) is 24.0 Å². The minimum absolute atomic E-state index is 0.0427. The average Bonchev–Trinajstić information content (AvgIpc) is 2.27. The molecule has 1 aromatic heterocycles. The first kappa shape index (κ1) is 9.16. The fourth-order valence-electron chi connectivity index (χ4n) is 1.63. The van der Waals surface area contributed by atoms with Crippen LogP contribution in [0.15, 0.2) is 36.5 Å².